The van der Waals surface area contributed by atoms with E-state index in [1.807, 2.05) is 9.80 Å². The molecule has 8 nitrogen and oxygen atoms in total. The van der Waals surface area contributed by atoms with Gasteiger partial charge in [-0.2, -0.15) is 0 Å². The van der Waals surface area contributed by atoms with Gasteiger partial charge < -0.3 is 19.4 Å². The zero-order chi connectivity index (χ0) is 21.1. The van der Waals surface area contributed by atoms with Crippen LogP contribution in [0.15, 0.2) is 0 Å². The molecule has 30 heavy (non-hydrogen) atoms. The van der Waals surface area contributed by atoms with Gasteiger partial charge >= 0.3 is 0 Å². The Morgan fingerprint density at radius 1 is 1.10 bits per heavy atom. The Bertz CT molecular complexity index is 799. The molecule has 0 saturated carbocycles. The third-order valence-corrected chi connectivity index (χ3v) is 6.51. The first-order valence-corrected chi connectivity index (χ1v) is 11.3. The van der Waals surface area contributed by atoms with Crippen LogP contribution in [-0.2, 0) is 20.7 Å². The first-order chi connectivity index (χ1) is 14.5. The molecule has 1 aromatic rings. The highest BCUT2D eigenvalue weighted by Crippen LogP contribution is 2.33. The minimum atomic E-state index is -0.0886. The molecular weight excluding hydrogens is 382 g/mol. The average molecular weight is 416 g/mol. The monoisotopic (exact) mass is 415 g/mol. The minimum Gasteiger partial charge on any atom is -0.370 e. The van der Waals surface area contributed by atoms with Gasteiger partial charge in [0.1, 0.15) is 12.4 Å². The van der Waals surface area contributed by atoms with E-state index in [4.69, 9.17) is 14.7 Å². The van der Waals surface area contributed by atoms with E-state index in [1.165, 1.54) is 5.56 Å². The van der Waals surface area contributed by atoms with Crippen molar-refractivity contribution >= 4 is 17.6 Å². The van der Waals surface area contributed by atoms with Gasteiger partial charge in [0.05, 0.1) is 12.6 Å². The van der Waals surface area contributed by atoms with Gasteiger partial charge in [-0.3, -0.25) is 9.59 Å². The highest BCUT2D eigenvalue weighted by Gasteiger charge is 2.32. The van der Waals surface area contributed by atoms with Crippen LogP contribution in [0.25, 0.3) is 0 Å². The maximum absolute atomic E-state index is 12.9. The molecule has 1 atom stereocenters. The van der Waals surface area contributed by atoms with Crippen LogP contribution in [0.1, 0.15) is 61.6 Å². The fourth-order valence-corrected chi connectivity index (χ4v) is 4.81. The summed E-state index contributed by atoms with van der Waals surface area (Å²) in [4.78, 5) is 40.3. The molecular formula is C22H33N5O3. The molecule has 0 aliphatic carbocycles. The standard InChI is InChI=1S/C22H33N5O3/c1-16-17-7-5-10-25(2)22(17)24-21(23-16)18-8-3-4-12-27(18)20(29)15-30-14-13-26-11-6-9-19(26)28/h18H,3-15H2,1-2H3. The molecule has 3 aliphatic heterocycles. The Morgan fingerprint density at radius 3 is 2.73 bits per heavy atom. The number of aromatic nitrogens is 2. The van der Waals surface area contributed by atoms with Crippen molar-refractivity contribution in [1.82, 2.24) is 19.8 Å². The van der Waals surface area contributed by atoms with Gasteiger partial charge in [-0.25, -0.2) is 9.97 Å². The van der Waals surface area contributed by atoms with Gasteiger partial charge in [0.15, 0.2) is 5.82 Å². The molecule has 3 aliphatic rings. The van der Waals surface area contributed by atoms with Crippen molar-refractivity contribution in [3.8, 4) is 0 Å². The normalized spacial score (nSPS) is 21.9. The number of amides is 2. The molecule has 164 valence electrons. The lowest BCUT2D eigenvalue weighted by atomic mass is 9.99. The van der Waals surface area contributed by atoms with E-state index in [1.54, 1.807) is 0 Å². The van der Waals surface area contributed by atoms with E-state index in [-0.39, 0.29) is 24.5 Å². The van der Waals surface area contributed by atoms with Crippen LogP contribution in [0.4, 0.5) is 5.82 Å². The van der Waals surface area contributed by atoms with E-state index in [9.17, 15) is 9.59 Å². The molecule has 2 amide bonds. The second kappa shape index (κ2) is 9.29. The number of nitrogens with zero attached hydrogens (tertiary/aromatic N) is 5. The number of carbonyl (C=O) groups excluding carboxylic acids is 2. The van der Waals surface area contributed by atoms with Gasteiger partial charge in [-0.15, -0.1) is 0 Å². The number of fused-ring (bicyclic) bond motifs is 1. The fraction of sp³-hybridized carbons (Fsp3) is 0.727. The van der Waals surface area contributed by atoms with Crippen LogP contribution in [0.2, 0.25) is 0 Å². The predicted molar refractivity (Wildman–Crippen MR) is 113 cm³/mol. The van der Waals surface area contributed by atoms with Crippen molar-refractivity contribution in [2.45, 2.75) is 57.9 Å². The fourth-order valence-electron chi connectivity index (χ4n) is 4.81. The SMILES string of the molecule is Cc1nc(C2CCCCN2C(=O)COCCN2CCCC2=O)nc2c1CCCN2C. The van der Waals surface area contributed by atoms with Crippen LogP contribution >= 0.6 is 0 Å². The third-order valence-electron chi connectivity index (χ3n) is 6.51. The minimum absolute atomic E-state index is 0.0141. The molecule has 0 bridgehead atoms. The molecule has 1 aromatic heterocycles. The molecule has 2 fully saturated rings. The summed E-state index contributed by atoms with van der Waals surface area (Å²) in [6.07, 6.45) is 6.65. The summed E-state index contributed by atoms with van der Waals surface area (Å²) in [5, 5.41) is 0. The molecule has 8 heteroatoms. The second-order valence-electron chi connectivity index (χ2n) is 8.63. The topological polar surface area (TPSA) is 78.9 Å². The molecule has 4 rings (SSSR count). The number of anilines is 1. The summed E-state index contributed by atoms with van der Waals surface area (Å²) < 4.78 is 5.64. The number of hydrogen-bond acceptors (Lipinski definition) is 6. The van der Waals surface area contributed by atoms with Gasteiger partial charge in [0, 0.05) is 50.9 Å². The second-order valence-corrected chi connectivity index (χ2v) is 8.63. The van der Waals surface area contributed by atoms with Gasteiger partial charge in [0.2, 0.25) is 11.8 Å². The van der Waals surface area contributed by atoms with Gasteiger partial charge in [-0.05, 0) is 45.4 Å². The van der Waals surface area contributed by atoms with Crippen LogP contribution in [0, 0.1) is 6.92 Å². The van der Waals surface area contributed by atoms with Crippen LogP contribution in [0.5, 0.6) is 0 Å². The number of piperidine rings is 1. The van der Waals surface area contributed by atoms with Crippen molar-refractivity contribution in [1.29, 1.82) is 0 Å². The highest BCUT2D eigenvalue weighted by molar-refractivity contribution is 5.78. The quantitative estimate of drug-likeness (QED) is 0.660. The Kier molecular flexibility index (Phi) is 6.51. The van der Waals surface area contributed by atoms with Gasteiger partial charge in [-0.1, -0.05) is 0 Å². The number of rotatable bonds is 6. The number of hydrogen-bond donors (Lipinski definition) is 0. The first-order valence-electron chi connectivity index (χ1n) is 11.3. The lowest BCUT2D eigenvalue weighted by Crippen LogP contribution is -2.42. The average Bonchev–Trinajstić information content (AvgIpc) is 3.16. The van der Waals surface area contributed by atoms with Crippen molar-refractivity contribution in [3.05, 3.63) is 17.1 Å². The van der Waals surface area contributed by atoms with Crippen molar-refractivity contribution in [2.75, 3.05) is 51.3 Å². The third kappa shape index (κ3) is 4.43. The van der Waals surface area contributed by atoms with Crippen LogP contribution in [0.3, 0.4) is 0 Å². The molecule has 0 N–H and O–H groups in total. The van der Waals surface area contributed by atoms with E-state index in [2.05, 4.69) is 18.9 Å². The van der Waals surface area contributed by atoms with Crippen LogP contribution < -0.4 is 4.90 Å². The van der Waals surface area contributed by atoms with Gasteiger partial charge in [0.25, 0.3) is 0 Å². The maximum Gasteiger partial charge on any atom is 0.249 e. The Morgan fingerprint density at radius 2 is 1.93 bits per heavy atom. The zero-order valence-electron chi connectivity index (χ0n) is 18.2. The lowest BCUT2D eigenvalue weighted by Gasteiger charge is -2.36. The summed E-state index contributed by atoms with van der Waals surface area (Å²) >= 11 is 0. The van der Waals surface area contributed by atoms with E-state index in [0.717, 1.165) is 69.0 Å². The van der Waals surface area contributed by atoms with E-state index >= 15 is 0 Å². The predicted octanol–water partition coefficient (Wildman–Crippen LogP) is 1.86. The zero-order valence-corrected chi connectivity index (χ0v) is 18.2. The Balaban J connectivity index is 1.40. The highest BCUT2D eigenvalue weighted by atomic mass is 16.5. The Labute approximate surface area is 178 Å². The molecule has 2 saturated heterocycles. The molecule has 1 unspecified atom stereocenters. The van der Waals surface area contributed by atoms with Crippen molar-refractivity contribution in [3.63, 3.8) is 0 Å². The molecule has 0 radical (unpaired) electrons. The molecule has 0 spiro atoms. The molecule has 4 heterocycles. The smallest absolute Gasteiger partial charge is 0.249 e. The van der Waals surface area contributed by atoms with E-state index in [0.29, 0.717) is 26.1 Å². The van der Waals surface area contributed by atoms with Crippen molar-refractivity contribution < 1.29 is 14.3 Å². The number of carbonyl (C=O) groups is 2. The largest absolute Gasteiger partial charge is 0.370 e. The maximum atomic E-state index is 12.9. The first kappa shape index (κ1) is 21.0. The summed E-state index contributed by atoms with van der Waals surface area (Å²) in [7, 11) is 2.08. The van der Waals surface area contributed by atoms with E-state index < -0.39 is 0 Å². The summed E-state index contributed by atoms with van der Waals surface area (Å²) in [5.74, 6) is 1.95. The Hall–Kier alpha value is -2.22. The lowest BCUT2D eigenvalue weighted by molar-refractivity contribution is -0.140. The number of ether oxygens (including phenoxy) is 1. The van der Waals surface area contributed by atoms with Crippen LogP contribution in [-0.4, -0.2) is 78.0 Å². The summed E-state index contributed by atoms with van der Waals surface area (Å²) in [5.41, 5.74) is 2.27. The molecule has 0 aromatic carbocycles. The number of aryl methyl sites for hydroxylation is 1. The summed E-state index contributed by atoms with van der Waals surface area (Å²) in [6, 6.07) is -0.0886. The summed E-state index contributed by atoms with van der Waals surface area (Å²) in [6.45, 7) is 5.58. The van der Waals surface area contributed by atoms with Crippen molar-refractivity contribution in [2.24, 2.45) is 0 Å². The number of likely N-dealkylation sites (tertiary alicyclic amines) is 2.